The van der Waals surface area contributed by atoms with E-state index in [4.69, 9.17) is 9.97 Å². The van der Waals surface area contributed by atoms with Gasteiger partial charge in [-0.15, -0.1) is 0 Å². The van der Waals surface area contributed by atoms with Crippen LogP contribution in [0.4, 0.5) is 5.95 Å². The van der Waals surface area contributed by atoms with Gasteiger partial charge in [-0.1, -0.05) is 26.0 Å². The molecule has 1 aromatic carbocycles. The minimum atomic E-state index is 0.0182. The Morgan fingerprint density at radius 2 is 2.12 bits per heavy atom. The lowest BCUT2D eigenvalue weighted by atomic mass is 9.97. The van der Waals surface area contributed by atoms with E-state index in [1.807, 2.05) is 6.92 Å². The quantitative estimate of drug-likeness (QED) is 0.928. The largest absolute Gasteiger partial charge is 0.356 e. The lowest BCUT2D eigenvalue weighted by Crippen LogP contribution is -2.44. The Balaban J connectivity index is 1.79. The third-order valence-electron chi connectivity index (χ3n) is 4.79. The Labute approximate surface area is 149 Å². The summed E-state index contributed by atoms with van der Waals surface area (Å²) < 4.78 is 0. The van der Waals surface area contributed by atoms with Crippen LogP contribution in [0.5, 0.6) is 0 Å². The van der Waals surface area contributed by atoms with E-state index >= 15 is 0 Å². The number of benzene rings is 1. The number of anilines is 1. The predicted octanol–water partition coefficient (Wildman–Crippen LogP) is 3.24. The van der Waals surface area contributed by atoms with Crippen molar-refractivity contribution in [1.29, 1.82) is 0 Å². The summed E-state index contributed by atoms with van der Waals surface area (Å²) in [7, 11) is 0. The number of rotatable bonds is 4. The van der Waals surface area contributed by atoms with Crippen LogP contribution in [0, 0.1) is 25.7 Å². The summed E-state index contributed by atoms with van der Waals surface area (Å²) in [6.45, 7) is 10.7. The Morgan fingerprint density at radius 3 is 2.88 bits per heavy atom. The second-order valence-electron chi connectivity index (χ2n) is 7.55. The molecule has 0 bridgehead atoms. The highest BCUT2D eigenvalue weighted by Crippen LogP contribution is 2.24. The Bertz CT molecular complexity index is 772. The second-order valence-corrected chi connectivity index (χ2v) is 7.55. The Hall–Kier alpha value is -2.17. The van der Waals surface area contributed by atoms with Gasteiger partial charge in [0.25, 0.3) is 0 Å². The fourth-order valence-electron chi connectivity index (χ4n) is 3.35. The number of piperidine rings is 1. The van der Waals surface area contributed by atoms with Crippen LogP contribution < -0.4 is 10.2 Å². The smallest absolute Gasteiger partial charge is 0.226 e. The molecule has 1 fully saturated rings. The minimum absolute atomic E-state index is 0.0182. The van der Waals surface area contributed by atoms with Crippen LogP contribution in [-0.2, 0) is 4.79 Å². The zero-order chi connectivity index (χ0) is 18.0. The zero-order valence-corrected chi connectivity index (χ0v) is 15.7. The molecule has 25 heavy (non-hydrogen) atoms. The molecular weight excluding hydrogens is 312 g/mol. The summed E-state index contributed by atoms with van der Waals surface area (Å²) in [5.41, 5.74) is 3.17. The van der Waals surface area contributed by atoms with Crippen molar-refractivity contribution >= 4 is 22.8 Å². The number of fused-ring (bicyclic) bond motifs is 1. The van der Waals surface area contributed by atoms with Gasteiger partial charge in [-0.05, 0) is 44.2 Å². The van der Waals surface area contributed by atoms with E-state index in [-0.39, 0.29) is 11.8 Å². The molecule has 2 aromatic rings. The van der Waals surface area contributed by atoms with E-state index in [0.717, 1.165) is 48.5 Å². The fraction of sp³-hybridized carbons (Fsp3) is 0.550. The van der Waals surface area contributed by atoms with E-state index in [1.165, 1.54) is 5.56 Å². The first kappa shape index (κ1) is 17.6. The molecule has 134 valence electrons. The first-order valence-electron chi connectivity index (χ1n) is 9.21. The van der Waals surface area contributed by atoms with E-state index < -0.39 is 0 Å². The van der Waals surface area contributed by atoms with E-state index in [1.54, 1.807) is 0 Å². The number of hydrogen-bond donors (Lipinski definition) is 1. The van der Waals surface area contributed by atoms with Crippen molar-refractivity contribution in [2.45, 2.75) is 40.5 Å². The highest BCUT2D eigenvalue weighted by atomic mass is 16.1. The van der Waals surface area contributed by atoms with Gasteiger partial charge in [0.1, 0.15) is 0 Å². The van der Waals surface area contributed by atoms with Gasteiger partial charge in [0, 0.05) is 25.0 Å². The summed E-state index contributed by atoms with van der Waals surface area (Å²) in [6, 6.07) is 6.28. The molecule has 1 aliphatic rings. The average molecular weight is 340 g/mol. The number of nitrogens with one attached hydrogen (secondary N) is 1. The van der Waals surface area contributed by atoms with Crippen LogP contribution in [0.15, 0.2) is 18.2 Å². The van der Waals surface area contributed by atoms with Gasteiger partial charge in [0.15, 0.2) is 0 Å². The summed E-state index contributed by atoms with van der Waals surface area (Å²) in [4.78, 5) is 24.1. The zero-order valence-electron chi connectivity index (χ0n) is 15.7. The number of aryl methyl sites for hydroxylation is 2. The summed E-state index contributed by atoms with van der Waals surface area (Å²) in [5, 5.41) is 4.16. The molecule has 1 unspecified atom stereocenters. The third-order valence-corrected chi connectivity index (χ3v) is 4.79. The lowest BCUT2D eigenvalue weighted by molar-refractivity contribution is -0.125. The maximum absolute atomic E-state index is 12.4. The first-order valence-corrected chi connectivity index (χ1v) is 9.21. The maximum atomic E-state index is 12.4. The minimum Gasteiger partial charge on any atom is -0.356 e. The van der Waals surface area contributed by atoms with Crippen LogP contribution in [0.25, 0.3) is 10.9 Å². The van der Waals surface area contributed by atoms with Crippen molar-refractivity contribution < 1.29 is 4.79 Å². The monoisotopic (exact) mass is 340 g/mol. The van der Waals surface area contributed by atoms with Gasteiger partial charge in [0.05, 0.1) is 17.1 Å². The summed E-state index contributed by atoms with van der Waals surface area (Å²) in [5.74, 6) is 1.40. The van der Waals surface area contributed by atoms with Crippen molar-refractivity contribution in [3.8, 4) is 0 Å². The third kappa shape index (κ3) is 4.09. The van der Waals surface area contributed by atoms with Crippen molar-refractivity contribution in [2.24, 2.45) is 11.8 Å². The molecule has 1 aliphatic heterocycles. The van der Waals surface area contributed by atoms with Gasteiger partial charge in [-0.25, -0.2) is 9.97 Å². The van der Waals surface area contributed by atoms with E-state index in [9.17, 15) is 4.79 Å². The molecule has 3 rings (SSSR count). The molecule has 2 heterocycles. The van der Waals surface area contributed by atoms with Crippen molar-refractivity contribution in [3.05, 3.63) is 29.5 Å². The predicted molar refractivity (Wildman–Crippen MR) is 102 cm³/mol. The number of amides is 1. The van der Waals surface area contributed by atoms with Gasteiger partial charge < -0.3 is 10.2 Å². The number of carbonyl (C=O) groups excluding carboxylic acids is 1. The van der Waals surface area contributed by atoms with E-state index in [2.05, 4.69) is 49.2 Å². The van der Waals surface area contributed by atoms with E-state index in [0.29, 0.717) is 12.5 Å². The lowest BCUT2D eigenvalue weighted by Gasteiger charge is -2.32. The van der Waals surface area contributed by atoms with Crippen LogP contribution in [-0.4, -0.2) is 35.5 Å². The molecular formula is C20H28N4O. The van der Waals surface area contributed by atoms with Crippen molar-refractivity contribution in [2.75, 3.05) is 24.5 Å². The molecule has 0 radical (unpaired) electrons. The Kier molecular flexibility index (Phi) is 5.21. The fourth-order valence-corrected chi connectivity index (χ4v) is 3.35. The highest BCUT2D eigenvalue weighted by Gasteiger charge is 2.27. The van der Waals surface area contributed by atoms with Crippen molar-refractivity contribution in [1.82, 2.24) is 15.3 Å². The molecule has 5 nitrogen and oxygen atoms in total. The number of carbonyl (C=O) groups is 1. The van der Waals surface area contributed by atoms with Crippen molar-refractivity contribution in [3.63, 3.8) is 0 Å². The molecule has 1 aromatic heterocycles. The molecule has 0 aliphatic carbocycles. The summed E-state index contributed by atoms with van der Waals surface area (Å²) >= 11 is 0. The molecule has 1 N–H and O–H groups in total. The molecule has 5 heteroatoms. The van der Waals surface area contributed by atoms with Crippen LogP contribution in [0.2, 0.25) is 0 Å². The van der Waals surface area contributed by atoms with Gasteiger partial charge in [-0.2, -0.15) is 0 Å². The topological polar surface area (TPSA) is 58.1 Å². The SMILES string of the molecule is Cc1ccc2c(C)nc(N3CCCC(C(=O)NCC(C)C)C3)nc2c1. The molecule has 0 saturated carbocycles. The molecule has 1 atom stereocenters. The Morgan fingerprint density at radius 1 is 1.32 bits per heavy atom. The van der Waals surface area contributed by atoms with Crippen LogP contribution in [0.3, 0.4) is 0 Å². The van der Waals surface area contributed by atoms with Gasteiger partial charge in [0.2, 0.25) is 11.9 Å². The highest BCUT2D eigenvalue weighted by molar-refractivity contribution is 5.83. The van der Waals surface area contributed by atoms with Gasteiger partial charge >= 0.3 is 0 Å². The maximum Gasteiger partial charge on any atom is 0.226 e. The number of aromatic nitrogens is 2. The molecule has 0 spiro atoms. The molecule has 1 saturated heterocycles. The first-order chi connectivity index (χ1) is 11.9. The van der Waals surface area contributed by atoms with Crippen LogP contribution >= 0.6 is 0 Å². The summed E-state index contributed by atoms with van der Waals surface area (Å²) in [6.07, 6.45) is 1.93. The molecule has 1 amide bonds. The number of nitrogens with zero attached hydrogens (tertiary/aromatic N) is 3. The number of hydrogen-bond acceptors (Lipinski definition) is 4. The average Bonchev–Trinajstić information content (AvgIpc) is 2.59. The van der Waals surface area contributed by atoms with Gasteiger partial charge in [-0.3, -0.25) is 4.79 Å². The standard InChI is InChI=1S/C20H28N4O/c1-13(2)11-21-19(25)16-6-5-9-24(12-16)20-22-15(4)17-8-7-14(3)10-18(17)23-20/h7-8,10,13,16H,5-6,9,11-12H2,1-4H3,(H,21,25). The van der Waals surface area contributed by atoms with Crippen LogP contribution in [0.1, 0.15) is 37.9 Å². The normalized spacial score (nSPS) is 18.0. The second kappa shape index (κ2) is 7.38.